The van der Waals surface area contributed by atoms with Gasteiger partial charge in [0.15, 0.2) is 17.8 Å². The molecule has 154 valence electrons. The number of carbonyl (C=O) groups is 3. The highest BCUT2D eigenvalue weighted by atomic mass is 16.5. The van der Waals surface area contributed by atoms with Gasteiger partial charge in [-0.3, -0.25) is 14.4 Å². The van der Waals surface area contributed by atoms with Crippen molar-refractivity contribution in [1.29, 1.82) is 0 Å². The summed E-state index contributed by atoms with van der Waals surface area (Å²) in [4.78, 5) is 35.8. The highest BCUT2D eigenvalue weighted by molar-refractivity contribution is 6.01. The highest BCUT2D eigenvalue weighted by Crippen LogP contribution is 2.64. The summed E-state index contributed by atoms with van der Waals surface area (Å²) >= 11 is 0. The number of hydrogen-bond donors (Lipinski definition) is 0. The maximum atomic E-state index is 12.1. The van der Waals surface area contributed by atoms with Crippen LogP contribution in [0.1, 0.15) is 59.8 Å². The van der Waals surface area contributed by atoms with Gasteiger partial charge in [0.2, 0.25) is 0 Å². The van der Waals surface area contributed by atoms with Gasteiger partial charge in [-0.05, 0) is 74.0 Å². The molecule has 0 spiro atoms. The number of ether oxygens (including phenoxy) is 1. The third-order valence-corrected chi connectivity index (χ3v) is 7.82. The first kappa shape index (κ1) is 20.1. The van der Waals surface area contributed by atoms with Crippen molar-refractivity contribution in [3.8, 4) is 0 Å². The summed E-state index contributed by atoms with van der Waals surface area (Å²) in [6.07, 6.45) is 13.3. The van der Waals surface area contributed by atoms with Crippen molar-refractivity contribution in [1.82, 2.24) is 0 Å². The minimum atomic E-state index is -0.351. The van der Waals surface area contributed by atoms with E-state index in [2.05, 4.69) is 26.0 Å². The summed E-state index contributed by atoms with van der Waals surface area (Å²) in [5.74, 6) is 0.560. The highest BCUT2D eigenvalue weighted by Gasteiger charge is 2.54. The van der Waals surface area contributed by atoms with Crippen LogP contribution in [0.5, 0.6) is 0 Å². The molecule has 4 nitrogen and oxygen atoms in total. The van der Waals surface area contributed by atoms with Crippen molar-refractivity contribution < 1.29 is 19.1 Å². The second-order valence-corrected chi connectivity index (χ2v) is 9.72. The van der Waals surface area contributed by atoms with Crippen molar-refractivity contribution in [3.63, 3.8) is 0 Å². The molecule has 4 aliphatic rings. The molecule has 0 amide bonds. The van der Waals surface area contributed by atoms with Crippen LogP contribution in [0.25, 0.3) is 0 Å². The van der Waals surface area contributed by atoms with Crippen LogP contribution in [0, 0.1) is 28.6 Å². The van der Waals surface area contributed by atoms with Crippen LogP contribution >= 0.6 is 0 Å². The molecular formula is C25H30O4. The van der Waals surface area contributed by atoms with Crippen LogP contribution in [0.3, 0.4) is 0 Å². The average molecular weight is 395 g/mol. The first-order valence-electron chi connectivity index (χ1n) is 10.8. The zero-order chi connectivity index (χ0) is 21.0. The molecular weight excluding hydrogens is 364 g/mol. The van der Waals surface area contributed by atoms with Gasteiger partial charge in [0.25, 0.3) is 0 Å². The van der Waals surface area contributed by atoms with Crippen molar-refractivity contribution in [2.24, 2.45) is 28.6 Å². The van der Waals surface area contributed by atoms with E-state index in [9.17, 15) is 14.4 Å². The van der Waals surface area contributed by atoms with E-state index in [-0.39, 0.29) is 34.3 Å². The fourth-order valence-electron chi connectivity index (χ4n) is 6.13. The van der Waals surface area contributed by atoms with Gasteiger partial charge in [0, 0.05) is 5.41 Å². The van der Waals surface area contributed by atoms with E-state index in [1.165, 1.54) is 11.1 Å². The van der Waals surface area contributed by atoms with Crippen LogP contribution in [0.15, 0.2) is 46.8 Å². The van der Waals surface area contributed by atoms with E-state index in [0.717, 1.165) is 44.0 Å². The average Bonchev–Trinajstić information content (AvgIpc) is 3.03. The number of hydrogen-bond acceptors (Lipinski definition) is 4. The normalized spacial score (nSPS) is 37.2. The smallest absolute Gasteiger partial charge is 0.313 e. The second-order valence-electron chi connectivity index (χ2n) is 9.72. The van der Waals surface area contributed by atoms with Gasteiger partial charge in [0.1, 0.15) is 0 Å². The number of carbonyl (C=O) groups excluding carboxylic acids is 3. The Kier molecular flexibility index (Phi) is 4.79. The number of rotatable bonds is 3. The largest absolute Gasteiger partial charge is 0.423 e. The van der Waals surface area contributed by atoms with E-state index in [1.807, 2.05) is 6.08 Å². The summed E-state index contributed by atoms with van der Waals surface area (Å²) in [5, 5.41) is 0. The number of fused-ring (bicyclic) bond motifs is 5. The van der Waals surface area contributed by atoms with Gasteiger partial charge in [-0.2, -0.15) is 0 Å². The molecule has 4 heteroatoms. The Hall–Kier alpha value is -2.23. The lowest BCUT2D eigenvalue weighted by Crippen LogP contribution is -2.42. The molecule has 0 aromatic carbocycles. The maximum absolute atomic E-state index is 12.1. The summed E-state index contributed by atoms with van der Waals surface area (Å²) in [6, 6.07) is 0. The SMILES string of the molecule is CC(C)C(=O)O/C(C=O)=C1/CC[C@H]2[C@@H]3CCC4=CC(=O)C=C[C@]4(C)C3=CC[C@]12C. The monoisotopic (exact) mass is 394 g/mol. The zero-order valence-electron chi connectivity index (χ0n) is 17.8. The predicted octanol–water partition coefficient (Wildman–Crippen LogP) is 4.87. The molecule has 2 fully saturated rings. The summed E-state index contributed by atoms with van der Waals surface area (Å²) < 4.78 is 5.51. The lowest BCUT2D eigenvalue weighted by Gasteiger charge is -2.51. The zero-order valence-corrected chi connectivity index (χ0v) is 17.8. The topological polar surface area (TPSA) is 60.4 Å². The Bertz CT molecular complexity index is 900. The summed E-state index contributed by atoms with van der Waals surface area (Å²) in [5.41, 5.74) is 3.33. The molecule has 0 saturated heterocycles. The van der Waals surface area contributed by atoms with Gasteiger partial charge >= 0.3 is 5.97 Å². The quantitative estimate of drug-likeness (QED) is 0.225. The fraction of sp³-hybridized carbons (Fsp3) is 0.560. The number of allylic oxidation sites excluding steroid dienone is 8. The van der Waals surface area contributed by atoms with Gasteiger partial charge in [-0.1, -0.05) is 44.1 Å². The summed E-state index contributed by atoms with van der Waals surface area (Å²) in [7, 11) is 0. The molecule has 29 heavy (non-hydrogen) atoms. The number of esters is 1. The Labute approximate surface area is 172 Å². The first-order chi connectivity index (χ1) is 13.7. The molecule has 0 heterocycles. The van der Waals surface area contributed by atoms with Gasteiger partial charge < -0.3 is 4.74 Å². The van der Waals surface area contributed by atoms with Crippen LogP contribution in [0.4, 0.5) is 0 Å². The Morgan fingerprint density at radius 2 is 2.00 bits per heavy atom. The van der Waals surface area contributed by atoms with E-state index in [1.54, 1.807) is 19.9 Å². The third kappa shape index (κ3) is 2.99. The summed E-state index contributed by atoms with van der Waals surface area (Å²) in [6.45, 7) is 8.02. The van der Waals surface area contributed by atoms with Crippen molar-refractivity contribution >= 4 is 18.0 Å². The van der Waals surface area contributed by atoms with Crippen LogP contribution in [-0.4, -0.2) is 18.0 Å². The fourth-order valence-corrected chi connectivity index (χ4v) is 6.13. The minimum Gasteiger partial charge on any atom is -0.423 e. The lowest BCUT2D eigenvalue weighted by atomic mass is 9.53. The molecule has 0 aliphatic heterocycles. The van der Waals surface area contributed by atoms with E-state index < -0.39 is 0 Å². The molecule has 0 aromatic rings. The van der Waals surface area contributed by atoms with Crippen molar-refractivity contribution in [3.05, 3.63) is 46.8 Å². The molecule has 4 rings (SSSR count). The Balaban J connectivity index is 1.72. The Morgan fingerprint density at radius 1 is 1.24 bits per heavy atom. The van der Waals surface area contributed by atoms with Crippen molar-refractivity contribution in [2.75, 3.05) is 0 Å². The standard InChI is InChI=1S/C25H30O4/c1-15(2)23(28)29-22(14-26)21-8-7-19-18-6-5-16-13-17(27)9-11-24(16,3)20(18)10-12-25(19,21)4/h9-11,13-15,18-19H,5-8,12H2,1-4H3/b22-21-/t18-,19-,24-,25-/m0/s1. The number of ketones is 1. The molecule has 4 atom stereocenters. The maximum Gasteiger partial charge on any atom is 0.313 e. The van der Waals surface area contributed by atoms with Gasteiger partial charge in [-0.25, -0.2) is 0 Å². The third-order valence-electron chi connectivity index (χ3n) is 7.82. The first-order valence-corrected chi connectivity index (χ1v) is 10.8. The van der Waals surface area contributed by atoms with Crippen LogP contribution in [-0.2, 0) is 19.1 Å². The number of aldehydes is 1. The molecule has 0 radical (unpaired) electrons. The molecule has 0 N–H and O–H groups in total. The second kappa shape index (κ2) is 6.93. The molecule has 0 unspecified atom stereocenters. The molecule has 4 aliphatic carbocycles. The van der Waals surface area contributed by atoms with Crippen LogP contribution in [0.2, 0.25) is 0 Å². The molecule has 0 bridgehead atoms. The molecule has 2 saturated carbocycles. The van der Waals surface area contributed by atoms with E-state index in [0.29, 0.717) is 11.8 Å². The Morgan fingerprint density at radius 3 is 2.69 bits per heavy atom. The van der Waals surface area contributed by atoms with Gasteiger partial charge in [-0.15, -0.1) is 0 Å². The van der Waals surface area contributed by atoms with E-state index >= 15 is 0 Å². The predicted molar refractivity (Wildman–Crippen MR) is 111 cm³/mol. The van der Waals surface area contributed by atoms with E-state index in [4.69, 9.17) is 4.74 Å². The van der Waals surface area contributed by atoms with Gasteiger partial charge in [0.05, 0.1) is 5.92 Å². The minimum absolute atomic E-state index is 0.0888. The molecule has 0 aromatic heterocycles. The van der Waals surface area contributed by atoms with Crippen molar-refractivity contribution in [2.45, 2.75) is 59.8 Å². The van der Waals surface area contributed by atoms with Crippen LogP contribution < -0.4 is 0 Å². The lowest BCUT2D eigenvalue weighted by molar-refractivity contribution is -0.144.